The second-order valence-corrected chi connectivity index (χ2v) is 6.40. The molecule has 0 amide bonds. The van der Waals surface area contributed by atoms with Crippen molar-refractivity contribution in [1.29, 1.82) is 0 Å². The lowest BCUT2D eigenvalue weighted by Crippen LogP contribution is -2.20. The molecule has 4 rings (SSSR count). The van der Waals surface area contributed by atoms with Gasteiger partial charge in [0.1, 0.15) is 0 Å². The molecule has 0 radical (unpaired) electrons. The van der Waals surface area contributed by atoms with E-state index in [2.05, 4.69) is 5.10 Å². The number of carbonyl (C=O) groups is 1. The molecule has 0 bridgehead atoms. The number of para-hydroxylation sites is 1. The SMILES string of the molecule is COc1ccc([C@@H]2CC(=O)c3cnn(-c4ccccc4)c3C2)cc1OC. The largest absolute Gasteiger partial charge is 0.493 e. The van der Waals surface area contributed by atoms with E-state index < -0.39 is 0 Å². The third kappa shape index (κ3) is 2.75. The van der Waals surface area contributed by atoms with Gasteiger partial charge in [0.05, 0.1) is 37.4 Å². The van der Waals surface area contributed by atoms with Gasteiger partial charge in [-0.2, -0.15) is 5.10 Å². The van der Waals surface area contributed by atoms with E-state index in [0.29, 0.717) is 17.9 Å². The van der Waals surface area contributed by atoms with E-state index in [9.17, 15) is 4.79 Å². The van der Waals surface area contributed by atoms with E-state index in [1.165, 1.54) is 0 Å². The third-order valence-electron chi connectivity index (χ3n) is 4.92. The first kappa shape index (κ1) is 16.4. The summed E-state index contributed by atoms with van der Waals surface area (Å²) in [6, 6.07) is 15.8. The van der Waals surface area contributed by atoms with Crippen LogP contribution in [0.15, 0.2) is 54.7 Å². The summed E-state index contributed by atoms with van der Waals surface area (Å²) >= 11 is 0. The first-order valence-corrected chi connectivity index (χ1v) is 8.58. The van der Waals surface area contributed by atoms with Crippen molar-refractivity contribution in [2.45, 2.75) is 18.8 Å². The van der Waals surface area contributed by atoms with Gasteiger partial charge in [-0.25, -0.2) is 4.68 Å². The van der Waals surface area contributed by atoms with Crippen LogP contribution in [0.5, 0.6) is 11.5 Å². The highest BCUT2D eigenvalue weighted by Gasteiger charge is 2.30. The van der Waals surface area contributed by atoms with Crippen molar-refractivity contribution in [3.63, 3.8) is 0 Å². The first-order valence-electron chi connectivity index (χ1n) is 8.58. The Bertz CT molecular complexity index is 947. The smallest absolute Gasteiger partial charge is 0.166 e. The molecule has 0 spiro atoms. The van der Waals surface area contributed by atoms with Crippen molar-refractivity contribution in [3.05, 3.63) is 71.5 Å². The number of ether oxygens (including phenoxy) is 2. The Hall–Kier alpha value is -3.08. The maximum Gasteiger partial charge on any atom is 0.166 e. The van der Waals surface area contributed by atoms with Crippen LogP contribution in [0.1, 0.15) is 34.0 Å². The van der Waals surface area contributed by atoms with Crippen molar-refractivity contribution in [1.82, 2.24) is 9.78 Å². The minimum Gasteiger partial charge on any atom is -0.493 e. The van der Waals surface area contributed by atoms with E-state index in [-0.39, 0.29) is 11.7 Å². The zero-order chi connectivity index (χ0) is 18.1. The zero-order valence-corrected chi connectivity index (χ0v) is 14.8. The molecule has 5 nitrogen and oxygen atoms in total. The predicted molar refractivity (Wildman–Crippen MR) is 98.5 cm³/mol. The van der Waals surface area contributed by atoms with Crippen molar-refractivity contribution in [3.8, 4) is 17.2 Å². The molecular formula is C21H20N2O3. The van der Waals surface area contributed by atoms with Gasteiger partial charge in [-0.15, -0.1) is 0 Å². The number of benzene rings is 2. The quantitative estimate of drug-likeness (QED) is 0.720. The van der Waals surface area contributed by atoms with Gasteiger partial charge in [0.2, 0.25) is 0 Å². The minimum atomic E-state index is 0.0916. The summed E-state index contributed by atoms with van der Waals surface area (Å²) in [5.41, 5.74) is 3.73. The lowest BCUT2D eigenvalue weighted by molar-refractivity contribution is 0.0963. The number of nitrogens with zero attached hydrogens (tertiary/aromatic N) is 2. The van der Waals surface area contributed by atoms with Crippen LogP contribution in [-0.4, -0.2) is 29.8 Å². The molecule has 0 fully saturated rings. The topological polar surface area (TPSA) is 53.3 Å². The van der Waals surface area contributed by atoms with Crippen LogP contribution in [0.4, 0.5) is 0 Å². The third-order valence-corrected chi connectivity index (χ3v) is 4.92. The molecule has 132 valence electrons. The summed E-state index contributed by atoms with van der Waals surface area (Å²) in [6.07, 6.45) is 2.92. The monoisotopic (exact) mass is 348 g/mol. The molecule has 1 atom stereocenters. The second-order valence-electron chi connectivity index (χ2n) is 6.40. The lowest BCUT2D eigenvalue weighted by atomic mass is 9.82. The number of Topliss-reactive ketones (excluding diaryl/α,β-unsaturated/α-hetero) is 1. The molecule has 1 heterocycles. The highest BCUT2D eigenvalue weighted by Crippen LogP contribution is 2.37. The standard InChI is InChI=1S/C21H20N2O3/c1-25-20-9-8-14(12-21(20)26-2)15-10-18-17(19(24)11-15)13-22-23(18)16-6-4-3-5-7-16/h3-9,12-13,15H,10-11H2,1-2H3/t15-/m0/s1. The van der Waals surface area contributed by atoms with E-state index in [1.54, 1.807) is 20.4 Å². The fourth-order valence-corrected chi connectivity index (χ4v) is 3.58. The molecule has 0 saturated heterocycles. The molecular weight excluding hydrogens is 328 g/mol. The van der Waals surface area contributed by atoms with E-state index in [0.717, 1.165) is 28.9 Å². The molecule has 0 aliphatic heterocycles. The van der Waals surface area contributed by atoms with E-state index in [1.807, 2.05) is 53.2 Å². The molecule has 0 saturated carbocycles. The number of rotatable bonds is 4. The van der Waals surface area contributed by atoms with Crippen molar-refractivity contribution < 1.29 is 14.3 Å². The van der Waals surface area contributed by atoms with Gasteiger partial charge in [0.15, 0.2) is 17.3 Å². The molecule has 1 aliphatic rings. The highest BCUT2D eigenvalue weighted by atomic mass is 16.5. The summed E-state index contributed by atoms with van der Waals surface area (Å²) in [5.74, 6) is 1.59. The average molecular weight is 348 g/mol. The van der Waals surface area contributed by atoms with Crippen LogP contribution in [0, 0.1) is 0 Å². The molecule has 2 aromatic carbocycles. The number of hydrogen-bond donors (Lipinski definition) is 0. The Morgan fingerprint density at radius 1 is 1.00 bits per heavy atom. The summed E-state index contributed by atoms with van der Waals surface area (Å²) < 4.78 is 12.6. The Kier molecular flexibility index (Phi) is 4.21. The molecule has 3 aromatic rings. The van der Waals surface area contributed by atoms with Gasteiger partial charge in [-0.3, -0.25) is 4.79 Å². The Balaban J connectivity index is 1.72. The van der Waals surface area contributed by atoms with Crippen molar-refractivity contribution in [2.75, 3.05) is 14.2 Å². The van der Waals surface area contributed by atoms with Crippen LogP contribution in [0.3, 0.4) is 0 Å². The van der Waals surface area contributed by atoms with Crippen LogP contribution >= 0.6 is 0 Å². The van der Waals surface area contributed by atoms with E-state index in [4.69, 9.17) is 9.47 Å². The summed E-state index contributed by atoms with van der Waals surface area (Å²) in [7, 11) is 3.24. The number of carbonyl (C=O) groups excluding carboxylic acids is 1. The second kappa shape index (κ2) is 6.67. The fraction of sp³-hybridized carbons (Fsp3) is 0.238. The first-order chi connectivity index (χ1) is 12.7. The zero-order valence-electron chi connectivity index (χ0n) is 14.8. The molecule has 0 unspecified atom stereocenters. The maximum absolute atomic E-state index is 12.7. The summed E-state index contributed by atoms with van der Waals surface area (Å²) in [4.78, 5) is 12.7. The number of ketones is 1. The van der Waals surface area contributed by atoms with Gasteiger partial charge in [0, 0.05) is 6.42 Å². The van der Waals surface area contributed by atoms with Gasteiger partial charge in [-0.1, -0.05) is 24.3 Å². The Labute approximate surface area is 152 Å². The average Bonchev–Trinajstić information content (AvgIpc) is 3.12. The van der Waals surface area contributed by atoms with Gasteiger partial charge < -0.3 is 9.47 Å². The predicted octanol–water partition coefficient (Wildman–Crippen LogP) is 3.80. The molecule has 5 heteroatoms. The van der Waals surface area contributed by atoms with Gasteiger partial charge >= 0.3 is 0 Å². The van der Waals surface area contributed by atoms with Gasteiger partial charge in [0.25, 0.3) is 0 Å². The number of hydrogen-bond acceptors (Lipinski definition) is 4. The Morgan fingerprint density at radius 2 is 1.77 bits per heavy atom. The number of fused-ring (bicyclic) bond motifs is 1. The highest BCUT2D eigenvalue weighted by molar-refractivity contribution is 5.98. The van der Waals surface area contributed by atoms with Gasteiger partial charge in [-0.05, 0) is 42.2 Å². The maximum atomic E-state index is 12.7. The van der Waals surface area contributed by atoms with Crippen LogP contribution < -0.4 is 9.47 Å². The van der Waals surface area contributed by atoms with E-state index >= 15 is 0 Å². The van der Waals surface area contributed by atoms with Crippen molar-refractivity contribution >= 4 is 5.78 Å². The summed E-state index contributed by atoms with van der Waals surface area (Å²) in [6.45, 7) is 0. The Morgan fingerprint density at radius 3 is 2.50 bits per heavy atom. The summed E-state index contributed by atoms with van der Waals surface area (Å²) in [5, 5.41) is 4.46. The van der Waals surface area contributed by atoms with Crippen LogP contribution in [0.25, 0.3) is 5.69 Å². The molecule has 1 aliphatic carbocycles. The van der Waals surface area contributed by atoms with Crippen LogP contribution in [-0.2, 0) is 6.42 Å². The normalized spacial score (nSPS) is 16.2. The van der Waals surface area contributed by atoms with Crippen LogP contribution in [0.2, 0.25) is 0 Å². The molecule has 26 heavy (non-hydrogen) atoms. The fourth-order valence-electron chi connectivity index (χ4n) is 3.58. The lowest BCUT2D eigenvalue weighted by Gasteiger charge is -2.23. The van der Waals surface area contributed by atoms with Crippen molar-refractivity contribution in [2.24, 2.45) is 0 Å². The number of aromatic nitrogens is 2. The number of methoxy groups -OCH3 is 2. The minimum absolute atomic E-state index is 0.0916. The molecule has 0 N–H and O–H groups in total. The molecule has 1 aromatic heterocycles.